The average molecular weight is 284 g/mol. The van der Waals surface area contributed by atoms with Crippen LogP contribution in [-0.4, -0.2) is 32.7 Å². The van der Waals surface area contributed by atoms with E-state index in [0.717, 1.165) is 0 Å². The van der Waals surface area contributed by atoms with E-state index >= 15 is 0 Å². The monoisotopic (exact) mass is 284 g/mol. The summed E-state index contributed by atoms with van der Waals surface area (Å²) in [5, 5.41) is 13.0. The summed E-state index contributed by atoms with van der Waals surface area (Å²) in [5.41, 5.74) is 0.318. The van der Waals surface area contributed by atoms with E-state index in [1.54, 1.807) is 24.3 Å². The van der Waals surface area contributed by atoms with E-state index in [1.165, 1.54) is 7.05 Å². The van der Waals surface area contributed by atoms with Gasteiger partial charge in [-0.15, -0.1) is 0 Å². The fourth-order valence-electron chi connectivity index (χ4n) is 2.27. The second kappa shape index (κ2) is 4.77. The number of hydrogen-bond donors (Lipinski definition) is 3. The SMILES string of the molecule is CNS(=O)(=O)c1ccccc1NC1CC(O)C1(C)C. The van der Waals surface area contributed by atoms with Crippen molar-refractivity contribution in [3.05, 3.63) is 24.3 Å². The Morgan fingerprint density at radius 3 is 2.47 bits per heavy atom. The third-order valence-corrected chi connectivity index (χ3v) is 5.46. The molecule has 0 aromatic heterocycles. The van der Waals surface area contributed by atoms with Gasteiger partial charge < -0.3 is 10.4 Å². The number of benzene rings is 1. The van der Waals surface area contributed by atoms with Gasteiger partial charge >= 0.3 is 0 Å². The van der Waals surface area contributed by atoms with Gasteiger partial charge in [0.1, 0.15) is 4.90 Å². The molecule has 1 aliphatic carbocycles. The first kappa shape index (κ1) is 14.3. The molecule has 1 fully saturated rings. The average Bonchev–Trinajstić information content (AvgIpc) is 2.39. The topological polar surface area (TPSA) is 78.4 Å². The Kier molecular flexibility index (Phi) is 3.59. The lowest BCUT2D eigenvalue weighted by molar-refractivity contribution is -0.0511. The number of aliphatic hydroxyl groups is 1. The Labute approximate surface area is 114 Å². The summed E-state index contributed by atoms with van der Waals surface area (Å²) in [6.07, 6.45) is 0.277. The van der Waals surface area contributed by atoms with Crippen LogP contribution in [0.2, 0.25) is 0 Å². The van der Waals surface area contributed by atoms with E-state index in [9.17, 15) is 13.5 Å². The maximum atomic E-state index is 11.9. The van der Waals surface area contributed by atoms with Gasteiger partial charge in [-0.05, 0) is 25.6 Å². The quantitative estimate of drug-likeness (QED) is 0.775. The zero-order valence-electron chi connectivity index (χ0n) is 11.3. The maximum absolute atomic E-state index is 11.9. The van der Waals surface area contributed by atoms with E-state index in [2.05, 4.69) is 10.0 Å². The largest absolute Gasteiger partial charge is 0.392 e. The molecule has 0 bridgehead atoms. The molecule has 5 nitrogen and oxygen atoms in total. The van der Waals surface area contributed by atoms with Crippen LogP contribution >= 0.6 is 0 Å². The lowest BCUT2D eigenvalue weighted by atomic mass is 9.64. The highest BCUT2D eigenvalue weighted by Crippen LogP contribution is 2.42. The molecule has 3 N–H and O–H groups in total. The van der Waals surface area contributed by atoms with Crippen molar-refractivity contribution in [2.75, 3.05) is 12.4 Å². The molecular formula is C13H20N2O3S. The molecule has 1 aromatic carbocycles. The lowest BCUT2D eigenvalue weighted by Gasteiger charge is -2.50. The number of hydrogen-bond acceptors (Lipinski definition) is 4. The van der Waals surface area contributed by atoms with Crippen molar-refractivity contribution in [1.82, 2.24) is 4.72 Å². The highest BCUT2D eigenvalue weighted by Gasteiger charge is 2.47. The van der Waals surface area contributed by atoms with E-state index in [4.69, 9.17) is 0 Å². The second-order valence-electron chi connectivity index (χ2n) is 5.47. The van der Waals surface area contributed by atoms with Gasteiger partial charge in [-0.3, -0.25) is 0 Å². The summed E-state index contributed by atoms with van der Waals surface area (Å²) in [6.45, 7) is 3.93. The first-order chi connectivity index (χ1) is 8.79. The number of aliphatic hydroxyl groups excluding tert-OH is 1. The smallest absolute Gasteiger partial charge is 0.242 e. The summed E-state index contributed by atoms with van der Waals surface area (Å²) < 4.78 is 26.2. The molecule has 1 saturated carbocycles. The zero-order valence-corrected chi connectivity index (χ0v) is 12.2. The highest BCUT2D eigenvalue weighted by molar-refractivity contribution is 7.89. The minimum Gasteiger partial charge on any atom is -0.392 e. The molecule has 1 aliphatic rings. The van der Waals surface area contributed by atoms with Crippen LogP contribution in [0.3, 0.4) is 0 Å². The van der Waals surface area contributed by atoms with E-state index in [0.29, 0.717) is 12.1 Å². The van der Waals surface area contributed by atoms with Crippen molar-refractivity contribution in [3.8, 4) is 0 Å². The molecular weight excluding hydrogens is 264 g/mol. The van der Waals surface area contributed by atoms with Gasteiger partial charge in [-0.2, -0.15) is 0 Å². The van der Waals surface area contributed by atoms with E-state index in [1.807, 2.05) is 13.8 Å². The Morgan fingerprint density at radius 2 is 1.95 bits per heavy atom. The van der Waals surface area contributed by atoms with Crippen molar-refractivity contribution in [1.29, 1.82) is 0 Å². The predicted octanol–water partition coefficient (Wildman–Crippen LogP) is 1.17. The molecule has 106 valence electrons. The number of para-hydroxylation sites is 1. The lowest BCUT2D eigenvalue weighted by Crippen LogP contribution is -2.57. The van der Waals surface area contributed by atoms with Gasteiger partial charge in [0.25, 0.3) is 0 Å². The Hall–Kier alpha value is -1.11. The molecule has 19 heavy (non-hydrogen) atoms. The van der Waals surface area contributed by atoms with Crippen LogP contribution in [0.5, 0.6) is 0 Å². The van der Waals surface area contributed by atoms with Crippen LogP contribution in [0.1, 0.15) is 20.3 Å². The third-order valence-electron chi connectivity index (χ3n) is 3.99. The van der Waals surface area contributed by atoms with Crippen molar-refractivity contribution in [2.24, 2.45) is 5.41 Å². The highest BCUT2D eigenvalue weighted by atomic mass is 32.2. The number of sulfonamides is 1. The van der Waals surface area contributed by atoms with Crippen molar-refractivity contribution in [2.45, 2.75) is 37.3 Å². The summed E-state index contributed by atoms with van der Waals surface area (Å²) in [5.74, 6) is 0. The number of nitrogens with one attached hydrogen (secondary N) is 2. The molecule has 0 amide bonds. The van der Waals surface area contributed by atoms with Crippen molar-refractivity contribution in [3.63, 3.8) is 0 Å². The van der Waals surface area contributed by atoms with Gasteiger partial charge in [0.2, 0.25) is 10.0 Å². The minimum atomic E-state index is -3.48. The second-order valence-corrected chi connectivity index (χ2v) is 7.33. The van der Waals surface area contributed by atoms with Gasteiger partial charge in [-0.25, -0.2) is 13.1 Å². The molecule has 1 aromatic rings. The van der Waals surface area contributed by atoms with Crippen LogP contribution in [0.25, 0.3) is 0 Å². The fourth-order valence-corrected chi connectivity index (χ4v) is 3.16. The summed E-state index contributed by atoms with van der Waals surface area (Å²) in [6, 6.07) is 6.85. The molecule has 6 heteroatoms. The Balaban J connectivity index is 2.28. The summed E-state index contributed by atoms with van der Waals surface area (Å²) >= 11 is 0. The van der Waals surface area contributed by atoms with Crippen LogP contribution in [0, 0.1) is 5.41 Å². The van der Waals surface area contributed by atoms with Gasteiger partial charge in [0.15, 0.2) is 0 Å². The first-order valence-corrected chi connectivity index (χ1v) is 7.74. The molecule has 0 aliphatic heterocycles. The van der Waals surface area contributed by atoms with Crippen molar-refractivity contribution >= 4 is 15.7 Å². The summed E-state index contributed by atoms with van der Waals surface area (Å²) in [7, 11) is -2.09. The zero-order chi connectivity index (χ0) is 14.3. The van der Waals surface area contributed by atoms with Gasteiger partial charge in [0.05, 0.1) is 11.8 Å². The van der Waals surface area contributed by atoms with Crippen LogP contribution in [0.4, 0.5) is 5.69 Å². The van der Waals surface area contributed by atoms with Crippen molar-refractivity contribution < 1.29 is 13.5 Å². The molecule has 0 heterocycles. The maximum Gasteiger partial charge on any atom is 0.242 e. The predicted molar refractivity (Wildman–Crippen MR) is 74.5 cm³/mol. The molecule has 0 spiro atoms. The van der Waals surface area contributed by atoms with Crippen LogP contribution < -0.4 is 10.0 Å². The van der Waals surface area contributed by atoms with Gasteiger partial charge in [0, 0.05) is 11.5 Å². The molecule has 0 radical (unpaired) electrons. The van der Waals surface area contributed by atoms with E-state index < -0.39 is 10.0 Å². The van der Waals surface area contributed by atoms with E-state index in [-0.39, 0.29) is 22.5 Å². The number of anilines is 1. The van der Waals surface area contributed by atoms with Gasteiger partial charge in [-0.1, -0.05) is 26.0 Å². The third kappa shape index (κ3) is 2.48. The van der Waals surface area contributed by atoms with Crippen LogP contribution in [-0.2, 0) is 10.0 Å². The molecule has 2 unspecified atom stereocenters. The summed E-state index contributed by atoms with van der Waals surface area (Å²) in [4.78, 5) is 0.231. The first-order valence-electron chi connectivity index (χ1n) is 6.26. The fraction of sp³-hybridized carbons (Fsp3) is 0.538. The Bertz CT molecular complexity index is 569. The molecule has 0 saturated heterocycles. The standard InChI is InChI=1S/C13H20N2O3S/c1-13(2)11(8-12(13)16)15-9-6-4-5-7-10(9)19(17,18)14-3/h4-7,11-12,14-16H,8H2,1-3H3. The molecule has 2 rings (SSSR count). The normalized spacial score (nSPS) is 25.7. The Morgan fingerprint density at radius 1 is 1.32 bits per heavy atom. The van der Waals surface area contributed by atoms with Crippen LogP contribution in [0.15, 0.2) is 29.2 Å². The number of rotatable bonds is 4. The minimum absolute atomic E-state index is 0.0655. The molecule has 2 atom stereocenters.